The summed E-state index contributed by atoms with van der Waals surface area (Å²) in [6, 6.07) is 9.10. The molecule has 6 nitrogen and oxygen atoms in total. The van der Waals surface area contributed by atoms with Gasteiger partial charge in [-0.05, 0) is 0 Å². The van der Waals surface area contributed by atoms with E-state index in [1.165, 1.54) is 0 Å². The van der Waals surface area contributed by atoms with Gasteiger partial charge in [-0.3, -0.25) is 4.79 Å². The summed E-state index contributed by atoms with van der Waals surface area (Å²) in [5, 5.41) is 42.6. The van der Waals surface area contributed by atoms with Gasteiger partial charge in [0.05, 0.1) is 13.2 Å². The Hall–Kier alpha value is -1.31. The highest BCUT2D eigenvalue weighted by molar-refractivity contribution is 5.74. The second kappa shape index (κ2) is 9.69. The van der Waals surface area contributed by atoms with Crippen LogP contribution < -0.4 is 0 Å². The molecule has 0 amide bonds. The van der Waals surface area contributed by atoms with Crippen LogP contribution in [0.15, 0.2) is 30.3 Å². The summed E-state index contributed by atoms with van der Waals surface area (Å²) in [6.07, 6.45) is -3.46. The van der Waals surface area contributed by atoms with Crippen LogP contribution in [-0.2, 0) is 0 Å². The van der Waals surface area contributed by atoms with E-state index in [2.05, 4.69) is 0 Å². The molecule has 0 spiro atoms. The van der Waals surface area contributed by atoms with Gasteiger partial charge in [0, 0.05) is 5.56 Å². The van der Waals surface area contributed by atoms with Crippen molar-refractivity contribution in [2.24, 2.45) is 0 Å². The van der Waals surface area contributed by atoms with Gasteiger partial charge in [-0.2, -0.15) is 0 Å². The van der Waals surface area contributed by atoms with Crippen molar-refractivity contribution < 1.29 is 30.3 Å². The highest BCUT2D eigenvalue weighted by Crippen LogP contribution is 1.98. The Morgan fingerprint density at radius 1 is 0.944 bits per heavy atom. The first-order chi connectivity index (χ1) is 8.56. The third-order valence-electron chi connectivity index (χ3n) is 2.10. The van der Waals surface area contributed by atoms with Gasteiger partial charge >= 0.3 is 0 Å². The summed E-state index contributed by atoms with van der Waals surface area (Å²) in [7, 11) is 0. The van der Waals surface area contributed by atoms with Crippen molar-refractivity contribution in [3.05, 3.63) is 35.9 Å². The van der Waals surface area contributed by atoms with Crippen molar-refractivity contribution in [1.82, 2.24) is 0 Å². The Bertz CT molecular complexity index is 306. The predicted octanol–water partition coefficient (Wildman–Crippen LogP) is -1.45. The predicted molar refractivity (Wildman–Crippen MR) is 64.0 cm³/mol. The third-order valence-corrected chi connectivity index (χ3v) is 2.10. The van der Waals surface area contributed by atoms with Crippen LogP contribution in [0.1, 0.15) is 10.4 Å². The van der Waals surface area contributed by atoms with E-state index in [1.54, 1.807) is 12.1 Å². The minimum absolute atomic E-state index is 0.641. The van der Waals surface area contributed by atoms with Gasteiger partial charge < -0.3 is 25.5 Å². The molecule has 102 valence electrons. The molecule has 0 aromatic heterocycles. The Morgan fingerprint density at radius 3 is 1.67 bits per heavy atom. The molecule has 1 aromatic carbocycles. The van der Waals surface area contributed by atoms with E-state index in [0.29, 0.717) is 0 Å². The highest BCUT2D eigenvalue weighted by Gasteiger charge is 2.22. The first-order valence-electron chi connectivity index (χ1n) is 5.33. The number of rotatable bonds is 5. The maximum atomic E-state index is 10.0. The van der Waals surface area contributed by atoms with Crippen LogP contribution in [0.5, 0.6) is 0 Å². The lowest BCUT2D eigenvalue weighted by Gasteiger charge is -2.19. The molecule has 0 aliphatic carbocycles. The minimum atomic E-state index is -1.49. The van der Waals surface area contributed by atoms with Crippen molar-refractivity contribution in [1.29, 1.82) is 0 Å². The maximum absolute atomic E-state index is 10.0. The van der Waals surface area contributed by atoms with Crippen LogP contribution >= 0.6 is 0 Å². The van der Waals surface area contributed by atoms with Crippen LogP contribution in [0.2, 0.25) is 0 Å². The molecule has 0 aliphatic rings. The minimum Gasteiger partial charge on any atom is -0.394 e. The van der Waals surface area contributed by atoms with E-state index >= 15 is 0 Å². The summed E-state index contributed by atoms with van der Waals surface area (Å²) in [6.45, 7) is -1.28. The van der Waals surface area contributed by atoms with Gasteiger partial charge in [-0.1, -0.05) is 30.3 Å². The fraction of sp³-hybridized carbons (Fsp3) is 0.417. The van der Waals surface area contributed by atoms with Gasteiger partial charge in [0.2, 0.25) is 0 Å². The van der Waals surface area contributed by atoms with Gasteiger partial charge in [0.1, 0.15) is 24.6 Å². The normalized spacial score (nSPS) is 14.9. The van der Waals surface area contributed by atoms with E-state index < -0.39 is 31.5 Å². The lowest BCUT2D eigenvalue weighted by Crippen LogP contribution is -2.41. The molecule has 2 atom stereocenters. The largest absolute Gasteiger partial charge is 0.394 e. The van der Waals surface area contributed by atoms with Crippen molar-refractivity contribution in [2.75, 3.05) is 13.2 Å². The summed E-state index contributed by atoms with van der Waals surface area (Å²) in [5.41, 5.74) is 0.729. The van der Waals surface area contributed by atoms with E-state index in [0.717, 1.165) is 11.8 Å². The van der Waals surface area contributed by atoms with E-state index in [4.69, 9.17) is 25.5 Å². The molecule has 0 aliphatic heterocycles. The fourth-order valence-corrected chi connectivity index (χ4v) is 1.00. The molecule has 2 unspecified atom stereocenters. The SMILES string of the molecule is O=Cc1ccccc1.OCC(O)C(O)C(O)CO. The zero-order valence-corrected chi connectivity index (χ0v) is 9.75. The molecule has 0 bridgehead atoms. The summed E-state index contributed by atoms with van der Waals surface area (Å²) in [5.74, 6) is 0. The maximum Gasteiger partial charge on any atom is 0.150 e. The van der Waals surface area contributed by atoms with Gasteiger partial charge in [0.25, 0.3) is 0 Å². The standard InChI is InChI=1S/C7H6O.C5H12O5/c8-6-7-4-2-1-3-5-7;6-1-3(8)5(10)4(9)2-7/h1-6H;3-10H,1-2H2. The van der Waals surface area contributed by atoms with Crippen LogP contribution in [-0.4, -0.2) is 63.3 Å². The Labute approximate surface area is 105 Å². The number of benzene rings is 1. The number of aliphatic hydroxyl groups excluding tert-OH is 5. The molecule has 0 saturated heterocycles. The smallest absolute Gasteiger partial charge is 0.150 e. The Morgan fingerprint density at radius 2 is 1.39 bits per heavy atom. The van der Waals surface area contributed by atoms with Crippen LogP contribution in [0, 0.1) is 0 Å². The van der Waals surface area contributed by atoms with Gasteiger partial charge in [0.15, 0.2) is 0 Å². The Kier molecular flexibility index (Phi) is 8.99. The first kappa shape index (κ1) is 16.7. The molecular weight excluding hydrogens is 240 g/mol. The second-order valence-electron chi connectivity index (χ2n) is 3.52. The summed E-state index contributed by atoms with van der Waals surface area (Å²) in [4.78, 5) is 10.0. The molecular formula is C12H18O6. The average Bonchev–Trinajstić information content (AvgIpc) is 2.46. The van der Waals surface area contributed by atoms with Crippen LogP contribution in [0.3, 0.4) is 0 Å². The monoisotopic (exact) mass is 258 g/mol. The van der Waals surface area contributed by atoms with Crippen molar-refractivity contribution in [3.8, 4) is 0 Å². The molecule has 6 heteroatoms. The fourth-order valence-electron chi connectivity index (χ4n) is 1.00. The Balaban J connectivity index is 0.000000327. The molecule has 1 rings (SSSR count). The lowest BCUT2D eigenvalue weighted by molar-refractivity contribution is -0.0900. The number of carbonyl (C=O) groups is 1. The zero-order chi connectivity index (χ0) is 14.0. The van der Waals surface area contributed by atoms with E-state index in [9.17, 15) is 4.79 Å². The topological polar surface area (TPSA) is 118 Å². The molecule has 0 fully saturated rings. The molecule has 0 heterocycles. The van der Waals surface area contributed by atoms with E-state index in [-0.39, 0.29) is 0 Å². The van der Waals surface area contributed by atoms with Crippen molar-refractivity contribution in [2.45, 2.75) is 18.3 Å². The number of aldehydes is 1. The van der Waals surface area contributed by atoms with Gasteiger partial charge in [-0.25, -0.2) is 0 Å². The lowest BCUT2D eigenvalue weighted by atomic mass is 10.1. The summed E-state index contributed by atoms with van der Waals surface area (Å²) < 4.78 is 0. The average molecular weight is 258 g/mol. The molecule has 0 saturated carbocycles. The van der Waals surface area contributed by atoms with E-state index in [1.807, 2.05) is 18.2 Å². The molecule has 18 heavy (non-hydrogen) atoms. The van der Waals surface area contributed by atoms with Crippen molar-refractivity contribution in [3.63, 3.8) is 0 Å². The second-order valence-corrected chi connectivity index (χ2v) is 3.52. The van der Waals surface area contributed by atoms with Crippen LogP contribution in [0.4, 0.5) is 0 Å². The summed E-state index contributed by atoms with van der Waals surface area (Å²) >= 11 is 0. The number of aliphatic hydroxyl groups is 5. The van der Waals surface area contributed by atoms with Crippen molar-refractivity contribution >= 4 is 6.29 Å². The number of hydrogen-bond acceptors (Lipinski definition) is 6. The first-order valence-corrected chi connectivity index (χ1v) is 5.33. The molecule has 0 radical (unpaired) electrons. The van der Waals surface area contributed by atoms with Gasteiger partial charge in [-0.15, -0.1) is 0 Å². The number of carbonyl (C=O) groups excluding carboxylic acids is 1. The number of hydrogen-bond donors (Lipinski definition) is 5. The third kappa shape index (κ3) is 6.43. The molecule has 5 N–H and O–H groups in total. The van der Waals surface area contributed by atoms with Crippen LogP contribution in [0.25, 0.3) is 0 Å². The highest BCUT2D eigenvalue weighted by atomic mass is 16.4. The molecule has 1 aromatic rings. The zero-order valence-electron chi connectivity index (χ0n) is 9.75. The quantitative estimate of drug-likeness (QED) is 0.412.